The first kappa shape index (κ1) is 18.8. The fraction of sp³-hybridized carbons (Fsp3) is 0.143. The molecule has 0 bridgehead atoms. The van der Waals surface area contributed by atoms with E-state index in [1.165, 1.54) is 37.2 Å². The number of hydrogen-bond acceptors (Lipinski definition) is 3. The zero-order valence-electron chi connectivity index (χ0n) is 17.6. The Hall–Kier alpha value is -3.92. The average Bonchev–Trinajstić information content (AvgIpc) is 3.08. The van der Waals surface area contributed by atoms with Gasteiger partial charge in [-0.05, 0) is 58.0 Å². The summed E-state index contributed by atoms with van der Waals surface area (Å²) >= 11 is 0. The highest BCUT2D eigenvalue weighted by Crippen LogP contribution is 2.37. The van der Waals surface area contributed by atoms with Crippen LogP contribution >= 0.6 is 0 Å². The molecule has 0 radical (unpaired) electrons. The van der Waals surface area contributed by atoms with E-state index in [0.29, 0.717) is 17.7 Å². The first-order chi connectivity index (χ1) is 15.7. The summed E-state index contributed by atoms with van der Waals surface area (Å²) in [5.41, 5.74) is 2.16. The number of nitrogens with zero attached hydrogens (tertiary/aromatic N) is 1. The first-order valence-corrected chi connectivity index (χ1v) is 11.1. The standard InChI is InChI=1S/C28H22N2O2/c31-27-21-8-1-2-9-22(21)28(32)30(27)17-4-3-16-29-24-15-13-20-11-10-18-6-5-7-19-12-14-23(24)26(20)25(18)19/h1-2,5-15,29H,3-4,16-17H2. The molecule has 0 saturated heterocycles. The summed E-state index contributed by atoms with van der Waals surface area (Å²) in [6, 6.07) is 26.6. The molecule has 0 fully saturated rings. The van der Waals surface area contributed by atoms with E-state index >= 15 is 0 Å². The zero-order chi connectivity index (χ0) is 21.7. The van der Waals surface area contributed by atoms with Crippen molar-refractivity contribution < 1.29 is 9.59 Å². The zero-order valence-corrected chi connectivity index (χ0v) is 17.6. The lowest BCUT2D eigenvalue weighted by Crippen LogP contribution is -2.30. The third kappa shape index (κ3) is 2.83. The largest absolute Gasteiger partial charge is 0.385 e. The molecule has 32 heavy (non-hydrogen) atoms. The van der Waals surface area contributed by atoms with E-state index in [2.05, 4.69) is 59.9 Å². The van der Waals surface area contributed by atoms with E-state index in [4.69, 9.17) is 0 Å². The number of benzene rings is 5. The van der Waals surface area contributed by atoms with Crippen LogP contribution in [-0.2, 0) is 0 Å². The SMILES string of the molecule is O=C1c2ccccc2C(=O)N1CCCCNc1ccc2ccc3cccc4ccc1c2c34. The maximum atomic E-state index is 12.5. The maximum Gasteiger partial charge on any atom is 0.261 e. The number of imide groups is 1. The molecule has 5 aromatic carbocycles. The molecule has 4 heteroatoms. The molecule has 0 aromatic heterocycles. The number of rotatable bonds is 6. The number of anilines is 1. The van der Waals surface area contributed by atoms with Gasteiger partial charge >= 0.3 is 0 Å². The quantitative estimate of drug-likeness (QED) is 0.207. The van der Waals surface area contributed by atoms with Gasteiger partial charge in [-0.3, -0.25) is 14.5 Å². The number of unbranched alkanes of at least 4 members (excludes halogenated alkanes) is 1. The van der Waals surface area contributed by atoms with Crippen LogP contribution in [0.3, 0.4) is 0 Å². The van der Waals surface area contributed by atoms with Crippen LogP contribution in [-0.4, -0.2) is 29.8 Å². The van der Waals surface area contributed by atoms with Crippen molar-refractivity contribution in [3.63, 3.8) is 0 Å². The number of carbonyl (C=O) groups is 2. The van der Waals surface area contributed by atoms with Crippen molar-refractivity contribution in [1.82, 2.24) is 4.90 Å². The summed E-state index contributed by atoms with van der Waals surface area (Å²) in [6.07, 6.45) is 1.64. The highest BCUT2D eigenvalue weighted by Gasteiger charge is 2.34. The Morgan fingerprint density at radius 3 is 1.97 bits per heavy atom. The molecular weight excluding hydrogens is 396 g/mol. The van der Waals surface area contributed by atoms with Crippen LogP contribution in [0.4, 0.5) is 5.69 Å². The molecule has 0 aliphatic carbocycles. The predicted octanol–water partition coefficient (Wildman–Crippen LogP) is 6.07. The van der Waals surface area contributed by atoms with Gasteiger partial charge in [0.05, 0.1) is 11.1 Å². The second-order valence-electron chi connectivity index (χ2n) is 8.41. The van der Waals surface area contributed by atoms with Crippen molar-refractivity contribution in [2.75, 3.05) is 18.4 Å². The topological polar surface area (TPSA) is 49.4 Å². The summed E-state index contributed by atoms with van der Waals surface area (Å²) < 4.78 is 0. The van der Waals surface area contributed by atoms with E-state index in [-0.39, 0.29) is 11.8 Å². The minimum atomic E-state index is -0.176. The van der Waals surface area contributed by atoms with Crippen molar-refractivity contribution in [3.05, 3.63) is 90.0 Å². The lowest BCUT2D eigenvalue weighted by molar-refractivity contribution is 0.0652. The van der Waals surface area contributed by atoms with E-state index in [9.17, 15) is 9.59 Å². The number of nitrogens with one attached hydrogen (secondary N) is 1. The van der Waals surface area contributed by atoms with E-state index < -0.39 is 0 Å². The second-order valence-corrected chi connectivity index (χ2v) is 8.41. The van der Waals surface area contributed by atoms with Crippen LogP contribution in [0.5, 0.6) is 0 Å². The lowest BCUT2D eigenvalue weighted by Gasteiger charge is -2.16. The number of fused-ring (bicyclic) bond motifs is 1. The van der Waals surface area contributed by atoms with Crippen molar-refractivity contribution >= 4 is 49.8 Å². The van der Waals surface area contributed by atoms with Crippen molar-refractivity contribution in [1.29, 1.82) is 0 Å². The molecule has 1 aliphatic heterocycles. The van der Waals surface area contributed by atoms with Crippen LogP contribution in [0.15, 0.2) is 78.9 Å². The molecule has 2 amide bonds. The van der Waals surface area contributed by atoms with Crippen molar-refractivity contribution in [2.24, 2.45) is 0 Å². The smallest absolute Gasteiger partial charge is 0.261 e. The molecule has 156 valence electrons. The first-order valence-electron chi connectivity index (χ1n) is 11.1. The lowest BCUT2D eigenvalue weighted by atomic mass is 9.93. The van der Waals surface area contributed by atoms with Gasteiger partial charge < -0.3 is 5.32 Å². The summed E-state index contributed by atoms with van der Waals surface area (Å²) in [4.78, 5) is 26.4. The number of hydrogen-bond donors (Lipinski definition) is 1. The van der Waals surface area contributed by atoms with Gasteiger partial charge in [0, 0.05) is 24.2 Å². The average molecular weight is 418 g/mol. The fourth-order valence-electron chi connectivity index (χ4n) is 4.95. The Morgan fingerprint density at radius 1 is 0.625 bits per heavy atom. The fourth-order valence-corrected chi connectivity index (χ4v) is 4.95. The summed E-state index contributed by atoms with van der Waals surface area (Å²) in [5.74, 6) is -0.351. The van der Waals surface area contributed by atoms with Crippen molar-refractivity contribution in [3.8, 4) is 0 Å². The molecule has 1 heterocycles. The van der Waals surface area contributed by atoms with Gasteiger partial charge in [-0.1, -0.05) is 60.7 Å². The highest BCUT2D eigenvalue weighted by atomic mass is 16.2. The van der Waals surface area contributed by atoms with E-state index in [1.54, 1.807) is 24.3 Å². The molecule has 4 nitrogen and oxygen atoms in total. The third-order valence-corrected chi connectivity index (χ3v) is 6.53. The highest BCUT2D eigenvalue weighted by molar-refractivity contribution is 6.25. The van der Waals surface area contributed by atoms with Crippen LogP contribution in [0.25, 0.3) is 32.3 Å². The molecule has 5 aromatic rings. The Balaban J connectivity index is 1.16. The van der Waals surface area contributed by atoms with E-state index in [1.807, 2.05) is 0 Å². The Kier molecular flexibility index (Phi) is 4.32. The Bertz CT molecular complexity index is 1450. The third-order valence-electron chi connectivity index (χ3n) is 6.53. The molecule has 0 saturated carbocycles. The molecule has 1 N–H and O–H groups in total. The van der Waals surface area contributed by atoms with Gasteiger partial charge in [-0.25, -0.2) is 0 Å². The maximum absolute atomic E-state index is 12.5. The summed E-state index contributed by atoms with van der Waals surface area (Å²) in [6.45, 7) is 1.24. The molecular formula is C28H22N2O2. The molecule has 0 unspecified atom stereocenters. The minimum Gasteiger partial charge on any atom is -0.385 e. The van der Waals surface area contributed by atoms with Crippen LogP contribution < -0.4 is 5.32 Å². The molecule has 6 rings (SSSR count). The van der Waals surface area contributed by atoms with E-state index in [0.717, 1.165) is 25.1 Å². The van der Waals surface area contributed by atoms with Gasteiger partial charge in [0.15, 0.2) is 0 Å². The second kappa shape index (κ2) is 7.34. The van der Waals surface area contributed by atoms with Crippen LogP contribution in [0.1, 0.15) is 33.6 Å². The Morgan fingerprint density at radius 2 is 1.25 bits per heavy atom. The van der Waals surface area contributed by atoms with Gasteiger partial charge in [0.2, 0.25) is 0 Å². The number of carbonyl (C=O) groups excluding carboxylic acids is 2. The van der Waals surface area contributed by atoms with Crippen molar-refractivity contribution in [2.45, 2.75) is 12.8 Å². The van der Waals surface area contributed by atoms with Crippen LogP contribution in [0.2, 0.25) is 0 Å². The molecule has 0 spiro atoms. The minimum absolute atomic E-state index is 0.176. The van der Waals surface area contributed by atoms with Gasteiger partial charge in [0.1, 0.15) is 0 Å². The van der Waals surface area contributed by atoms with Crippen LogP contribution in [0, 0.1) is 0 Å². The Labute approximate surface area is 185 Å². The van der Waals surface area contributed by atoms with Gasteiger partial charge in [-0.15, -0.1) is 0 Å². The molecule has 1 aliphatic rings. The number of amides is 2. The summed E-state index contributed by atoms with van der Waals surface area (Å²) in [7, 11) is 0. The van der Waals surface area contributed by atoms with Gasteiger partial charge in [-0.2, -0.15) is 0 Å². The monoisotopic (exact) mass is 418 g/mol. The summed E-state index contributed by atoms with van der Waals surface area (Å²) in [5, 5.41) is 11.2. The normalized spacial score (nSPS) is 13.6. The van der Waals surface area contributed by atoms with Gasteiger partial charge in [0.25, 0.3) is 11.8 Å². The molecule has 0 atom stereocenters. The predicted molar refractivity (Wildman–Crippen MR) is 130 cm³/mol.